The van der Waals surface area contributed by atoms with E-state index in [9.17, 15) is 0 Å². The van der Waals surface area contributed by atoms with Gasteiger partial charge >= 0.3 is 0 Å². The molecule has 5 nitrogen and oxygen atoms in total. The molecule has 120 valence electrons. The molecule has 1 aliphatic rings. The number of anilines is 1. The van der Waals surface area contributed by atoms with E-state index in [4.69, 9.17) is 0 Å². The largest absolute Gasteiger partial charge is 0.323 e. The molecule has 0 saturated carbocycles. The number of hydrogen-bond donors (Lipinski definition) is 1. The Morgan fingerprint density at radius 1 is 1.04 bits per heavy atom. The Morgan fingerprint density at radius 2 is 1.79 bits per heavy atom. The number of nitrogens with one attached hydrogen (secondary N) is 1. The zero-order valence-corrected chi connectivity index (χ0v) is 13.8. The summed E-state index contributed by atoms with van der Waals surface area (Å²) in [7, 11) is 0. The molecule has 0 spiro atoms. The second-order valence-corrected chi connectivity index (χ2v) is 6.06. The molecule has 1 aromatic heterocycles. The van der Waals surface area contributed by atoms with Crippen molar-refractivity contribution in [1.82, 2.24) is 20.2 Å². The number of tetrazole rings is 1. The van der Waals surface area contributed by atoms with Crippen molar-refractivity contribution in [2.75, 3.05) is 5.32 Å². The van der Waals surface area contributed by atoms with Gasteiger partial charge in [0.1, 0.15) is 6.04 Å². The van der Waals surface area contributed by atoms with Gasteiger partial charge in [-0.1, -0.05) is 66.1 Å². The third kappa shape index (κ3) is 2.58. The third-order valence-electron chi connectivity index (χ3n) is 4.42. The van der Waals surface area contributed by atoms with Gasteiger partial charge in [-0.3, -0.25) is 0 Å². The van der Waals surface area contributed by atoms with E-state index in [0.717, 1.165) is 17.7 Å². The standard InChI is InChI=1S/C19H19N5/c1-3-14-6-10-16(11-7-14)18-12-17(15-8-4-13(2)5-9-15)20-19-21-22-23-24(18)19/h4-12,18H,3H2,1-2H3,(H,20,21,23)/t18-/m0/s1. The molecule has 24 heavy (non-hydrogen) atoms. The Morgan fingerprint density at radius 3 is 2.50 bits per heavy atom. The molecule has 2 heterocycles. The number of benzene rings is 2. The van der Waals surface area contributed by atoms with Crippen molar-refractivity contribution >= 4 is 11.6 Å². The average molecular weight is 317 g/mol. The molecule has 1 N–H and O–H groups in total. The van der Waals surface area contributed by atoms with Crippen LogP contribution in [0.3, 0.4) is 0 Å². The fraction of sp³-hybridized carbons (Fsp3) is 0.211. The molecule has 5 heteroatoms. The molecule has 4 rings (SSSR count). The number of allylic oxidation sites excluding steroid dienone is 1. The number of aromatic nitrogens is 4. The zero-order chi connectivity index (χ0) is 16.5. The lowest BCUT2D eigenvalue weighted by molar-refractivity contribution is 0.585. The van der Waals surface area contributed by atoms with E-state index in [0.29, 0.717) is 5.95 Å². The Balaban J connectivity index is 1.77. The minimum atomic E-state index is -0.0153. The van der Waals surface area contributed by atoms with Crippen LogP contribution in [0.1, 0.15) is 35.2 Å². The molecule has 2 aromatic carbocycles. The van der Waals surface area contributed by atoms with Crippen molar-refractivity contribution < 1.29 is 0 Å². The van der Waals surface area contributed by atoms with E-state index in [-0.39, 0.29) is 6.04 Å². The molecule has 0 aliphatic carbocycles. The van der Waals surface area contributed by atoms with Gasteiger partial charge in [0, 0.05) is 5.70 Å². The second kappa shape index (κ2) is 5.92. The lowest BCUT2D eigenvalue weighted by Crippen LogP contribution is -2.20. The molecule has 0 unspecified atom stereocenters. The Bertz CT molecular complexity index is 875. The highest BCUT2D eigenvalue weighted by Crippen LogP contribution is 2.31. The van der Waals surface area contributed by atoms with E-state index >= 15 is 0 Å². The predicted molar refractivity (Wildman–Crippen MR) is 94.6 cm³/mol. The van der Waals surface area contributed by atoms with Gasteiger partial charge in [-0.15, -0.1) is 0 Å². The van der Waals surface area contributed by atoms with Gasteiger partial charge in [0.15, 0.2) is 0 Å². The summed E-state index contributed by atoms with van der Waals surface area (Å²) < 4.78 is 1.82. The van der Waals surface area contributed by atoms with Crippen LogP contribution in [0.4, 0.5) is 5.95 Å². The lowest BCUT2D eigenvalue weighted by Gasteiger charge is -2.23. The van der Waals surface area contributed by atoms with Crippen molar-refractivity contribution in [2.45, 2.75) is 26.3 Å². The SMILES string of the molecule is CCc1ccc([C@@H]2C=C(c3ccc(C)cc3)Nc3nnnn32)cc1. The Labute approximate surface area is 141 Å². The Hall–Kier alpha value is -2.95. The van der Waals surface area contributed by atoms with Gasteiger partial charge in [0.25, 0.3) is 0 Å². The summed E-state index contributed by atoms with van der Waals surface area (Å²) in [6.07, 6.45) is 3.21. The highest BCUT2D eigenvalue weighted by atomic mass is 15.6. The van der Waals surface area contributed by atoms with Gasteiger partial charge in [0.05, 0.1) is 0 Å². The van der Waals surface area contributed by atoms with Crippen molar-refractivity contribution in [2.24, 2.45) is 0 Å². The molecular weight excluding hydrogens is 298 g/mol. The van der Waals surface area contributed by atoms with Crippen LogP contribution in [0.15, 0.2) is 54.6 Å². The second-order valence-electron chi connectivity index (χ2n) is 6.06. The lowest BCUT2D eigenvalue weighted by atomic mass is 10.00. The molecule has 0 amide bonds. The summed E-state index contributed by atoms with van der Waals surface area (Å²) in [4.78, 5) is 0. The van der Waals surface area contributed by atoms with E-state index in [1.165, 1.54) is 16.7 Å². The highest BCUT2D eigenvalue weighted by molar-refractivity contribution is 5.77. The fourth-order valence-electron chi connectivity index (χ4n) is 2.94. The summed E-state index contributed by atoms with van der Waals surface area (Å²) in [6, 6.07) is 17.1. The van der Waals surface area contributed by atoms with Crippen molar-refractivity contribution in [3.05, 3.63) is 76.9 Å². The summed E-state index contributed by atoms with van der Waals surface area (Å²) in [5.41, 5.74) is 5.90. The molecule has 1 atom stereocenters. The third-order valence-corrected chi connectivity index (χ3v) is 4.42. The molecule has 0 radical (unpaired) electrons. The van der Waals surface area contributed by atoms with Crippen LogP contribution < -0.4 is 5.32 Å². The van der Waals surface area contributed by atoms with Crippen LogP contribution >= 0.6 is 0 Å². The first-order valence-corrected chi connectivity index (χ1v) is 8.17. The number of hydrogen-bond acceptors (Lipinski definition) is 4. The minimum Gasteiger partial charge on any atom is -0.323 e. The quantitative estimate of drug-likeness (QED) is 0.802. The predicted octanol–water partition coefficient (Wildman–Crippen LogP) is 3.60. The maximum Gasteiger partial charge on any atom is 0.248 e. The molecule has 3 aromatic rings. The van der Waals surface area contributed by atoms with Gasteiger partial charge in [0.2, 0.25) is 5.95 Å². The minimum absolute atomic E-state index is 0.0153. The van der Waals surface area contributed by atoms with E-state index < -0.39 is 0 Å². The molecule has 0 bridgehead atoms. The summed E-state index contributed by atoms with van der Waals surface area (Å²) in [6.45, 7) is 4.25. The Kier molecular flexibility index (Phi) is 3.61. The number of aryl methyl sites for hydroxylation is 2. The number of fused-ring (bicyclic) bond motifs is 1. The average Bonchev–Trinajstić information content (AvgIpc) is 3.10. The molecular formula is C19H19N5. The van der Waals surface area contributed by atoms with Gasteiger partial charge in [-0.2, -0.15) is 4.68 Å². The van der Waals surface area contributed by atoms with E-state index in [1.54, 1.807) is 0 Å². The normalized spacial score (nSPS) is 16.2. The molecule has 0 saturated heterocycles. The first-order chi connectivity index (χ1) is 11.7. The van der Waals surface area contributed by atoms with Gasteiger partial charge < -0.3 is 5.32 Å². The van der Waals surface area contributed by atoms with Crippen LogP contribution in [0.2, 0.25) is 0 Å². The van der Waals surface area contributed by atoms with Crippen molar-refractivity contribution in [3.63, 3.8) is 0 Å². The van der Waals surface area contributed by atoms with E-state index in [2.05, 4.69) is 89.3 Å². The summed E-state index contributed by atoms with van der Waals surface area (Å²) in [5, 5.41) is 15.4. The van der Waals surface area contributed by atoms with Crippen LogP contribution in [0, 0.1) is 6.92 Å². The fourth-order valence-corrected chi connectivity index (χ4v) is 2.94. The summed E-state index contributed by atoms with van der Waals surface area (Å²) >= 11 is 0. The molecule has 0 fully saturated rings. The topological polar surface area (TPSA) is 55.6 Å². The van der Waals surface area contributed by atoms with E-state index in [1.807, 2.05) is 4.68 Å². The smallest absolute Gasteiger partial charge is 0.248 e. The highest BCUT2D eigenvalue weighted by Gasteiger charge is 2.24. The van der Waals surface area contributed by atoms with Crippen LogP contribution in [0.25, 0.3) is 5.70 Å². The van der Waals surface area contributed by atoms with Gasteiger partial charge in [-0.25, -0.2) is 0 Å². The maximum atomic E-state index is 4.15. The van der Waals surface area contributed by atoms with Crippen molar-refractivity contribution in [3.8, 4) is 0 Å². The number of rotatable bonds is 3. The monoisotopic (exact) mass is 317 g/mol. The van der Waals surface area contributed by atoms with Crippen LogP contribution in [0.5, 0.6) is 0 Å². The van der Waals surface area contributed by atoms with Crippen LogP contribution in [-0.4, -0.2) is 20.2 Å². The number of nitrogens with zero attached hydrogens (tertiary/aromatic N) is 4. The first kappa shape index (κ1) is 14.6. The van der Waals surface area contributed by atoms with Crippen molar-refractivity contribution in [1.29, 1.82) is 0 Å². The van der Waals surface area contributed by atoms with Gasteiger partial charge in [-0.05, 0) is 46.5 Å². The maximum absolute atomic E-state index is 4.15. The molecule has 1 aliphatic heterocycles. The zero-order valence-electron chi connectivity index (χ0n) is 13.8. The van der Waals surface area contributed by atoms with Crippen LogP contribution in [-0.2, 0) is 6.42 Å². The first-order valence-electron chi connectivity index (χ1n) is 8.17. The summed E-state index contributed by atoms with van der Waals surface area (Å²) in [5.74, 6) is 0.664.